The predicted molar refractivity (Wildman–Crippen MR) is 78.9 cm³/mol. The van der Waals surface area contributed by atoms with Crippen molar-refractivity contribution in [1.29, 1.82) is 0 Å². The Morgan fingerprint density at radius 1 is 1.18 bits per heavy atom. The fourth-order valence-electron chi connectivity index (χ4n) is 1.99. The van der Waals surface area contributed by atoms with E-state index in [0.29, 0.717) is 17.2 Å². The highest BCUT2D eigenvalue weighted by Gasteiger charge is 2.11. The van der Waals surface area contributed by atoms with Gasteiger partial charge >= 0.3 is 5.97 Å². The maximum Gasteiger partial charge on any atom is 0.310 e. The second-order valence-corrected chi connectivity index (χ2v) is 4.98. The first kappa shape index (κ1) is 14.1. The van der Waals surface area contributed by atoms with Gasteiger partial charge in [0.05, 0.1) is 12.7 Å². The van der Waals surface area contributed by atoms with Gasteiger partial charge in [0.2, 0.25) is 5.76 Å². The maximum atomic E-state index is 11.8. The number of ether oxygens (including phenoxy) is 1. The van der Waals surface area contributed by atoms with Gasteiger partial charge in [0.1, 0.15) is 12.3 Å². The summed E-state index contributed by atoms with van der Waals surface area (Å²) >= 11 is 0. The number of carbonyl (C=O) groups is 1. The van der Waals surface area contributed by atoms with Gasteiger partial charge in [-0.3, -0.25) is 4.79 Å². The molecule has 2 heterocycles. The average Bonchev–Trinajstić information content (AvgIpc) is 3.18. The molecular weight excluding hydrogens is 282 g/mol. The summed E-state index contributed by atoms with van der Waals surface area (Å²) in [5.74, 6) is 0.797. The number of esters is 1. The molecule has 0 aliphatic heterocycles. The van der Waals surface area contributed by atoms with Crippen LogP contribution in [0.5, 0.6) is 0 Å². The van der Waals surface area contributed by atoms with Crippen LogP contribution in [0.15, 0.2) is 57.7 Å². The molecular formula is C17H15NO4. The van der Waals surface area contributed by atoms with Crippen molar-refractivity contribution in [2.75, 3.05) is 0 Å². The van der Waals surface area contributed by atoms with Gasteiger partial charge in [-0.25, -0.2) is 0 Å². The number of hydrogen-bond acceptors (Lipinski definition) is 5. The molecule has 1 aromatic carbocycles. The van der Waals surface area contributed by atoms with Crippen LogP contribution in [0.1, 0.15) is 16.8 Å². The third kappa shape index (κ3) is 3.44. The Labute approximate surface area is 127 Å². The van der Waals surface area contributed by atoms with Gasteiger partial charge < -0.3 is 13.7 Å². The van der Waals surface area contributed by atoms with E-state index >= 15 is 0 Å². The molecule has 22 heavy (non-hydrogen) atoms. The van der Waals surface area contributed by atoms with Gasteiger partial charge in [-0.05, 0) is 24.6 Å². The molecule has 5 heteroatoms. The molecule has 0 spiro atoms. The number of aromatic nitrogens is 1. The van der Waals surface area contributed by atoms with Crippen LogP contribution in [0, 0.1) is 6.92 Å². The molecule has 0 radical (unpaired) electrons. The fraction of sp³-hybridized carbons (Fsp3) is 0.176. The fourth-order valence-corrected chi connectivity index (χ4v) is 1.99. The molecule has 0 atom stereocenters. The van der Waals surface area contributed by atoms with Gasteiger partial charge in [0.25, 0.3) is 0 Å². The number of hydrogen-bond donors (Lipinski definition) is 0. The zero-order chi connectivity index (χ0) is 15.4. The lowest BCUT2D eigenvalue weighted by Gasteiger charge is -2.03. The Hall–Kier alpha value is -2.82. The average molecular weight is 297 g/mol. The van der Waals surface area contributed by atoms with Crippen LogP contribution in [-0.4, -0.2) is 11.1 Å². The molecule has 3 aromatic rings. The van der Waals surface area contributed by atoms with Crippen molar-refractivity contribution in [3.05, 3.63) is 65.5 Å². The second kappa shape index (κ2) is 6.30. The highest BCUT2D eigenvalue weighted by molar-refractivity contribution is 5.72. The van der Waals surface area contributed by atoms with Crippen molar-refractivity contribution in [2.24, 2.45) is 0 Å². The topological polar surface area (TPSA) is 65.5 Å². The molecule has 3 rings (SSSR count). The molecule has 2 aromatic heterocycles. The molecule has 0 saturated carbocycles. The van der Waals surface area contributed by atoms with Crippen LogP contribution in [0.4, 0.5) is 0 Å². The summed E-state index contributed by atoms with van der Waals surface area (Å²) in [6.07, 6.45) is 1.79. The zero-order valence-corrected chi connectivity index (χ0v) is 12.1. The third-order valence-corrected chi connectivity index (χ3v) is 3.17. The smallest absolute Gasteiger partial charge is 0.310 e. The Bertz CT molecular complexity index is 741. The lowest BCUT2D eigenvalue weighted by atomic mass is 10.1. The standard InChI is InChI=1S/C17H15NO4/c1-12-4-6-13(7-5-12)9-17(19)21-11-14-10-16(22-18-14)15-3-2-8-20-15/h2-8,10H,9,11H2,1H3. The van der Waals surface area contributed by atoms with Crippen LogP contribution in [0.25, 0.3) is 11.5 Å². The zero-order valence-electron chi connectivity index (χ0n) is 12.1. The van der Waals surface area contributed by atoms with Crippen LogP contribution in [-0.2, 0) is 22.6 Å². The van der Waals surface area contributed by atoms with Crippen molar-refractivity contribution in [2.45, 2.75) is 20.0 Å². The normalized spacial score (nSPS) is 10.6. The molecule has 0 bridgehead atoms. The summed E-state index contributed by atoms with van der Waals surface area (Å²) in [5.41, 5.74) is 2.63. The summed E-state index contributed by atoms with van der Waals surface area (Å²) in [6, 6.07) is 13.0. The minimum atomic E-state index is -0.300. The van der Waals surface area contributed by atoms with E-state index in [1.54, 1.807) is 24.5 Å². The number of benzene rings is 1. The third-order valence-electron chi connectivity index (χ3n) is 3.17. The second-order valence-electron chi connectivity index (χ2n) is 4.98. The monoisotopic (exact) mass is 297 g/mol. The predicted octanol–water partition coefficient (Wildman–Crippen LogP) is 3.53. The van der Waals surface area contributed by atoms with Crippen LogP contribution < -0.4 is 0 Å². The molecule has 0 aliphatic rings. The van der Waals surface area contributed by atoms with Crippen molar-refractivity contribution < 1.29 is 18.5 Å². The number of aryl methyl sites for hydroxylation is 1. The van der Waals surface area contributed by atoms with E-state index in [0.717, 1.165) is 11.1 Å². The molecule has 0 fully saturated rings. The number of carbonyl (C=O) groups excluding carboxylic acids is 1. The van der Waals surface area contributed by atoms with E-state index < -0.39 is 0 Å². The summed E-state index contributed by atoms with van der Waals surface area (Å²) in [6.45, 7) is 2.08. The maximum absolute atomic E-state index is 11.8. The van der Waals surface area contributed by atoms with Crippen molar-refractivity contribution in [3.63, 3.8) is 0 Å². The van der Waals surface area contributed by atoms with Gasteiger partial charge in [0.15, 0.2) is 5.76 Å². The Kier molecular flexibility index (Phi) is 4.05. The Balaban J connectivity index is 1.54. The lowest BCUT2D eigenvalue weighted by Crippen LogP contribution is -2.08. The summed E-state index contributed by atoms with van der Waals surface area (Å²) in [4.78, 5) is 11.8. The molecule has 0 unspecified atom stereocenters. The SMILES string of the molecule is Cc1ccc(CC(=O)OCc2cc(-c3ccco3)on2)cc1. The molecule has 0 aliphatic carbocycles. The highest BCUT2D eigenvalue weighted by atomic mass is 16.5. The van der Waals surface area contributed by atoms with Gasteiger partial charge in [-0.15, -0.1) is 0 Å². The van der Waals surface area contributed by atoms with Gasteiger partial charge in [-0.2, -0.15) is 0 Å². The summed E-state index contributed by atoms with van der Waals surface area (Å²) in [5, 5.41) is 3.85. The molecule has 0 saturated heterocycles. The number of furan rings is 1. The van der Waals surface area contributed by atoms with Crippen molar-refractivity contribution >= 4 is 5.97 Å². The quantitative estimate of drug-likeness (QED) is 0.674. The highest BCUT2D eigenvalue weighted by Crippen LogP contribution is 2.20. The van der Waals surface area contributed by atoms with E-state index in [1.165, 1.54) is 0 Å². The summed E-state index contributed by atoms with van der Waals surface area (Å²) in [7, 11) is 0. The van der Waals surface area contributed by atoms with E-state index in [1.807, 2.05) is 31.2 Å². The van der Waals surface area contributed by atoms with E-state index in [9.17, 15) is 4.79 Å². The van der Waals surface area contributed by atoms with E-state index in [2.05, 4.69) is 5.16 Å². The van der Waals surface area contributed by atoms with Gasteiger partial charge in [0, 0.05) is 6.07 Å². The first-order chi connectivity index (χ1) is 10.7. The molecule has 0 N–H and O–H groups in total. The first-order valence-corrected chi connectivity index (χ1v) is 6.91. The van der Waals surface area contributed by atoms with Crippen molar-refractivity contribution in [3.8, 4) is 11.5 Å². The number of rotatable bonds is 5. The van der Waals surface area contributed by atoms with Crippen LogP contribution in [0.2, 0.25) is 0 Å². The molecule has 112 valence electrons. The summed E-state index contributed by atoms with van der Waals surface area (Å²) < 4.78 is 15.5. The largest absolute Gasteiger partial charge is 0.461 e. The van der Waals surface area contributed by atoms with Gasteiger partial charge in [-0.1, -0.05) is 35.0 Å². The Morgan fingerprint density at radius 2 is 2.00 bits per heavy atom. The minimum Gasteiger partial charge on any atom is -0.461 e. The molecule has 0 amide bonds. The van der Waals surface area contributed by atoms with Crippen LogP contribution >= 0.6 is 0 Å². The van der Waals surface area contributed by atoms with Crippen molar-refractivity contribution in [1.82, 2.24) is 5.16 Å². The van der Waals surface area contributed by atoms with E-state index in [-0.39, 0.29) is 19.0 Å². The lowest BCUT2D eigenvalue weighted by molar-refractivity contribution is -0.144. The first-order valence-electron chi connectivity index (χ1n) is 6.91. The van der Waals surface area contributed by atoms with E-state index in [4.69, 9.17) is 13.7 Å². The van der Waals surface area contributed by atoms with Crippen LogP contribution in [0.3, 0.4) is 0 Å². The minimum absolute atomic E-state index is 0.0783. The Morgan fingerprint density at radius 3 is 2.73 bits per heavy atom. The molecule has 5 nitrogen and oxygen atoms in total. The number of nitrogens with zero attached hydrogens (tertiary/aromatic N) is 1.